The third-order valence-corrected chi connectivity index (χ3v) is 5.29. The Morgan fingerprint density at radius 1 is 0.893 bits per heavy atom. The molecule has 0 bridgehead atoms. The molecule has 0 aliphatic rings. The maximum atomic E-state index is 14.4. The van der Waals surface area contributed by atoms with Crippen LogP contribution in [0.2, 0.25) is 0 Å². The number of benzene rings is 3. The van der Waals surface area contributed by atoms with E-state index in [2.05, 4.69) is 10.2 Å². The minimum atomic E-state index is -0.326. The average Bonchev–Trinajstić information content (AvgIpc) is 3.17. The van der Waals surface area contributed by atoms with Crippen LogP contribution in [0.3, 0.4) is 0 Å². The van der Waals surface area contributed by atoms with E-state index in [4.69, 9.17) is 4.74 Å². The Balaban J connectivity index is 1.75. The van der Waals surface area contributed by atoms with Gasteiger partial charge in [-0.25, -0.2) is 4.39 Å². The number of rotatable bonds is 6. The third kappa shape index (κ3) is 3.64. The first-order valence-electron chi connectivity index (χ1n) is 8.78. The van der Waals surface area contributed by atoms with Crippen LogP contribution in [0.4, 0.5) is 4.39 Å². The van der Waals surface area contributed by atoms with Gasteiger partial charge in [-0.1, -0.05) is 60.3 Å². The first-order chi connectivity index (χ1) is 13.8. The molecule has 0 saturated heterocycles. The molecule has 0 aliphatic heterocycles. The van der Waals surface area contributed by atoms with Crippen molar-refractivity contribution in [2.75, 3.05) is 7.11 Å². The summed E-state index contributed by atoms with van der Waals surface area (Å²) in [7, 11) is 1.66. The Labute approximate surface area is 167 Å². The van der Waals surface area contributed by atoms with Crippen molar-refractivity contribution >= 4 is 11.8 Å². The summed E-state index contributed by atoms with van der Waals surface area (Å²) in [6.45, 7) is 0. The number of hydrogen-bond acceptors (Lipinski definition) is 4. The van der Waals surface area contributed by atoms with E-state index in [1.54, 1.807) is 25.3 Å². The summed E-state index contributed by atoms with van der Waals surface area (Å²) >= 11 is 1.53. The van der Waals surface area contributed by atoms with Gasteiger partial charge in [0, 0.05) is 17.0 Å². The van der Waals surface area contributed by atoms with Crippen LogP contribution >= 0.6 is 11.8 Å². The van der Waals surface area contributed by atoms with Gasteiger partial charge in [0.1, 0.15) is 11.6 Å². The highest BCUT2D eigenvalue weighted by molar-refractivity contribution is 7.98. The molecule has 1 heterocycles. The molecule has 28 heavy (non-hydrogen) atoms. The van der Waals surface area contributed by atoms with Gasteiger partial charge in [-0.3, -0.25) is 4.57 Å². The monoisotopic (exact) mass is 391 g/mol. The highest BCUT2D eigenvalue weighted by Crippen LogP contribution is 2.32. The number of aromatic nitrogens is 3. The number of methoxy groups -OCH3 is 1. The smallest absolute Gasteiger partial charge is 0.196 e. The van der Waals surface area contributed by atoms with Gasteiger partial charge in [-0.2, -0.15) is 0 Å². The van der Waals surface area contributed by atoms with Crippen molar-refractivity contribution in [1.29, 1.82) is 0 Å². The van der Waals surface area contributed by atoms with Gasteiger partial charge in [0.15, 0.2) is 11.0 Å². The molecular formula is C22H18FN3OS. The first-order valence-corrected chi connectivity index (χ1v) is 9.77. The first kappa shape index (κ1) is 18.3. The van der Waals surface area contributed by atoms with Crippen LogP contribution in [0.15, 0.2) is 84.0 Å². The second-order valence-corrected chi connectivity index (χ2v) is 7.00. The largest absolute Gasteiger partial charge is 0.496 e. The molecule has 140 valence electrons. The molecule has 6 heteroatoms. The molecule has 0 radical (unpaired) electrons. The Bertz CT molecular complexity index is 1080. The maximum absolute atomic E-state index is 14.4. The van der Waals surface area contributed by atoms with E-state index in [0.717, 1.165) is 17.0 Å². The highest BCUT2D eigenvalue weighted by Gasteiger charge is 2.19. The van der Waals surface area contributed by atoms with E-state index >= 15 is 0 Å². The quantitative estimate of drug-likeness (QED) is 0.414. The molecule has 0 saturated carbocycles. The topological polar surface area (TPSA) is 39.9 Å². The van der Waals surface area contributed by atoms with E-state index in [1.807, 2.05) is 59.2 Å². The van der Waals surface area contributed by atoms with Crippen molar-refractivity contribution in [3.63, 3.8) is 0 Å². The van der Waals surface area contributed by atoms with Crippen molar-refractivity contribution in [2.24, 2.45) is 0 Å². The summed E-state index contributed by atoms with van der Waals surface area (Å²) in [6, 6.07) is 24.2. The molecule has 0 unspecified atom stereocenters. The van der Waals surface area contributed by atoms with Crippen LogP contribution < -0.4 is 4.74 Å². The van der Waals surface area contributed by atoms with Crippen LogP contribution in [-0.2, 0) is 5.75 Å². The summed E-state index contributed by atoms with van der Waals surface area (Å²) in [5.41, 5.74) is 2.36. The Hall–Kier alpha value is -3.12. The molecule has 1 aromatic heterocycles. The zero-order valence-electron chi connectivity index (χ0n) is 15.2. The molecule has 4 rings (SSSR count). The van der Waals surface area contributed by atoms with Crippen molar-refractivity contribution in [3.8, 4) is 22.8 Å². The fourth-order valence-electron chi connectivity index (χ4n) is 2.95. The summed E-state index contributed by atoms with van der Waals surface area (Å²) in [4.78, 5) is 0. The van der Waals surface area contributed by atoms with Gasteiger partial charge in [0.05, 0.1) is 12.7 Å². The van der Waals surface area contributed by atoms with E-state index < -0.39 is 0 Å². The lowest BCUT2D eigenvalue weighted by Crippen LogP contribution is -2.01. The van der Waals surface area contributed by atoms with Crippen molar-refractivity contribution < 1.29 is 9.13 Å². The van der Waals surface area contributed by atoms with Crippen molar-refractivity contribution in [1.82, 2.24) is 14.8 Å². The number of para-hydroxylation sites is 2. The Morgan fingerprint density at radius 3 is 2.39 bits per heavy atom. The predicted octanol–water partition coefficient (Wildman–Crippen LogP) is 5.37. The number of hydrogen-bond donors (Lipinski definition) is 0. The Morgan fingerprint density at radius 2 is 1.61 bits per heavy atom. The molecule has 0 atom stereocenters. The van der Waals surface area contributed by atoms with Crippen LogP contribution in [0, 0.1) is 5.82 Å². The molecule has 0 fully saturated rings. The fraction of sp³-hybridized carbons (Fsp3) is 0.0909. The van der Waals surface area contributed by atoms with Crippen LogP contribution in [-0.4, -0.2) is 21.9 Å². The van der Waals surface area contributed by atoms with Gasteiger partial charge in [0.2, 0.25) is 0 Å². The molecule has 0 amide bonds. The number of ether oxygens (including phenoxy) is 1. The molecule has 0 aliphatic carbocycles. The third-order valence-electron chi connectivity index (χ3n) is 4.31. The highest BCUT2D eigenvalue weighted by atomic mass is 32.2. The zero-order valence-corrected chi connectivity index (χ0v) is 16.1. The predicted molar refractivity (Wildman–Crippen MR) is 109 cm³/mol. The number of halogens is 1. The van der Waals surface area contributed by atoms with Crippen LogP contribution in [0.25, 0.3) is 17.1 Å². The molecule has 0 N–H and O–H groups in total. The normalized spacial score (nSPS) is 10.8. The standard InChI is InChI=1S/C22H18FN3OS/c1-27-20-14-8-5-9-16(20)15-28-22-25-24-21(18-12-6-7-13-19(18)23)26(22)17-10-3-2-4-11-17/h2-14H,15H2,1H3. The molecule has 0 spiro atoms. The second kappa shape index (κ2) is 8.27. The minimum Gasteiger partial charge on any atom is -0.496 e. The lowest BCUT2D eigenvalue weighted by atomic mass is 10.2. The fourth-order valence-corrected chi connectivity index (χ4v) is 3.90. The van der Waals surface area contributed by atoms with Gasteiger partial charge in [-0.15, -0.1) is 10.2 Å². The van der Waals surface area contributed by atoms with Gasteiger partial charge < -0.3 is 4.74 Å². The van der Waals surface area contributed by atoms with Gasteiger partial charge in [-0.05, 0) is 30.3 Å². The molecule has 4 aromatic rings. The van der Waals surface area contributed by atoms with Gasteiger partial charge in [0.25, 0.3) is 0 Å². The maximum Gasteiger partial charge on any atom is 0.196 e. The van der Waals surface area contributed by atoms with Crippen LogP contribution in [0.1, 0.15) is 5.56 Å². The minimum absolute atomic E-state index is 0.326. The summed E-state index contributed by atoms with van der Waals surface area (Å²) < 4.78 is 21.7. The van der Waals surface area contributed by atoms with E-state index in [9.17, 15) is 4.39 Å². The molecular weight excluding hydrogens is 373 g/mol. The lowest BCUT2D eigenvalue weighted by Gasteiger charge is -2.11. The number of thioether (sulfide) groups is 1. The summed E-state index contributed by atoms with van der Waals surface area (Å²) in [5, 5.41) is 9.34. The summed E-state index contributed by atoms with van der Waals surface area (Å²) in [6.07, 6.45) is 0. The second-order valence-electron chi connectivity index (χ2n) is 6.06. The van der Waals surface area contributed by atoms with E-state index in [1.165, 1.54) is 17.8 Å². The van der Waals surface area contributed by atoms with Gasteiger partial charge >= 0.3 is 0 Å². The Kier molecular flexibility index (Phi) is 5.39. The SMILES string of the molecule is COc1ccccc1CSc1nnc(-c2ccccc2F)n1-c1ccccc1. The zero-order chi connectivity index (χ0) is 19.3. The van der Waals surface area contributed by atoms with Crippen LogP contribution in [0.5, 0.6) is 5.75 Å². The summed E-state index contributed by atoms with van der Waals surface area (Å²) in [5.74, 6) is 1.64. The average molecular weight is 391 g/mol. The van der Waals surface area contributed by atoms with E-state index in [0.29, 0.717) is 22.3 Å². The van der Waals surface area contributed by atoms with Crippen molar-refractivity contribution in [2.45, 2.75) is 10.9 Å². The molecule has 4 nitrogen and oxygen atoms in total. The van der Waals surface area contributed by atoms with Crippen molar-refractivity contribution in [3.05, 3.63) is 90.2 Å². The lowest BCUT2D eigenvalue weighted by molar-refractivity contribution is 0.411. The van der Waals surface area contributed by atoms with E-state index in [-0.39, 0.29) is 5.82 Å². The number of nitrogens with zero attached hydrogens (tertiary/aromatic N) is 3. The molecule has 3 aromatic carbocycles.